The van der Waals surface area contributed by atoms with Crippen LogP contribution in [0.3, 0.4) is 0 Å². The monoisotopic (exact) mass is 532 g/mol. The molecular weight excluding hydrogens is 508 g/mol. The number of ketones is 1. The molecule has 9 heteroatoms. The van der Waals surface area contributed by atoms with Gasteiger partial charge in [-0.05, 0) is 42.7 Å². The van der Waals surface area contributed by atoms with Crippen LogP contribution in [0.2, 0.25) is 5.02 Å². The Hall–Kier alpha value is -4.30. The summed E-state index contributed by atoms with van der Waals surface area (Å²) in [4.78, 5) is 65.5. The predicted molar refractivity (Wildman–Crippen MR) is 141 cm³/mol. The number of amides is 3. The number of fused-ring (bicyclic) bond motifs is 1. The highest BCUT2D eigenvalue weighted by Gasteiger charge is 2.43. The molecule has 0 saturated carbocycles. The zero-order chi connectivity index (χ0) is 27.4. The summed E-state index contributed by atoms with van der Waals surface area (Å²) in [5.74, 6) is -3.13. The molecule has 0 bridgehead atoms. The minimum Gasteiger partial charge on any atom is -0.454 e. The van der Waals surface area contributed by atoms with Crippen LogP contribution in [0.5, 0.6) is 0 Å². The maximum atomic E-state index is 13.0. The number of carbonyl (C=O) groups excluding carboxylic acids is 5. The number of anilines is 1. The normalized spacial score (nSPS) is 13.3. The predicted octanol–water partition coefficient (Wildman–Crippen LogP) is 4.76. The van der Waals surface area contributed by atoms with Crippen LogP contribution in [-0.4, -0.2) is 47.0 Å². The van der Waals surface area contributed by atoms with Crippen molar-refractivity contribution in [2.24, 2.45) is 5.92 Å². The van der Waals surface area contributed by atoms with E-state index in [1.807, 2.05) is 13.8 Å². The third-order valence-corrected chi connectivity index (χ3v) is 6.22. The van der Waals surface area contributed by atoms with E-state index in [4.69, 9.17) is 16.3 Å². The van der Waals surface area contributed by atoms with Crippen LogP contribution in [0.15, 0.2) is 72.8 Å². The Morgan fingerprint density at radius 1 is 0.895 bits per heavy atom. The van der Waals surface area contributed by atoms with Crippen molar-refractivity contribution in [1.29, 1.82) is 0 Å². The van der Waals surface area contributed by atoms with E-state index in [0.29, 0.717) is 10.6 Å². The fraction of sp³-hybridized carbons (Fsp3) is 0.207. The van der Waals surface area contributed by atoms with Gasteiger partial charge in [0.25, 0.3) is 17.7 Å². The van der Waals surface area contributed by atoms with Gasteiger partial charge in [-0.1, -0.05) is 67.9 Å². The van der Waals surface area contributed by atoms with E-state index in [0.717, 1.165) is 4.90 Å². The van der Waals surface area contributed by atoms with Crippen molar-refractivity contribution in [3.8, 4) is 0 Å². The summed E-state index contributed by atoms with van der Waals surface area (Å²) in [6.45, 7) is 3.01. The zero-order valence-electron chi connectivity index (χ0n) is 20.8. The summed E-state index contributed by atoms with van der Waals surface area (Å²) < 4.78 is 5.25. The molecule has 194 valence electrons. The minimum atomic E-state index is -1.19. The Kier molecular flexibility index (Phi) is 8.02. The molecule has 1 heterocycles. The number of hydrogen-bond acceptors (Lipinski definition) is 6. The lowest BCUT2D eigenvalue weighted by Crippen LogP contribution is -2.46. The first kappa shape index (κ1) is 26.8. The SMILES string of the molecule is CC(C)CC(C(=O)OCC(=O)Nc1ccc(Cl)cc1C(=O)c1ccccc1)N1C(=O)c2ccccc2C1=O. The summed E-state index contributed by atoms with van der Waals surface area (Å²) in [7, 11) is 0. The zero-order valence-corrected chi connectivity index (χ0v) is 21.5. The smallest absolute Gasteiger partial charge is 0.329 e. The molecule has 0 aromatic heterocycles. The molecule has 38 heavy (non-hydrogen) atoms. The first-order valence-corrected chi connectivity index (χ1v) is 12.4. The van der Waals surface area contributed by atoms with E-state index < -0.39 is 36.3 Å². The highest BCUT2D eigenvalue weighted by molar-refractivity contribution is 6.31. The summed E-state index contributed by atoms with van der Waals surface area (Å²) in [6, 6.07) is 18.1. The number of ether oxygens (including phenoxy) is 1. The van der Waals surface area contributed by atoms with Crippen LogP contribution in [0.4, 0.5) is 5.69 Å². The number of imide groups is 1. The highest BCUT2D eigenvalue weighted by Crippen LogP contribution is 2.28. The van der Waals surface area contributed by atoms with Crippen molar-refractivity contribution >= 4 is 46.8 Å². The third-order valence-electron chi connectivity index (χ3n) is 5.99. The lowest BCUT2D eigenvalue weighted by Gasteiger charge is -2.25. The van der Waals surface area contributed by atoms with E-state index in [1.165, 1.54) is 30.3 Å². The Labute approximate surface area is 224 Å². The number of nitrogens with zero attached hydrogens (tertiary/aromatic N) is 1. The van der Waals surface area contributed by atoms with Gasteiger partial charge in [-0.15, -0.1) is 0 Å². The number of hydrogen-bond donors (Lipinski definition) is 1. The quantitative estimate of drug-likeness (QED) is 0.242. The second kappa shape index (κ2) is 11.4. The van der Waals surface area contributed by atoms with Crippen LogP contribution >= 0.6 is 11.6 Å². The number of esters is 1. The molecule has 4 rings (SSSR count). The molecule has 8 nitrogen and oxygen atoms in total. The minimum absolute atomic E-state index is 0.0497. The van der Waals surface area contributed by atoms with Gasteiger partial charge < -0.3 is 10.1 Å². The number of rotatable bonds is 9. The second-order valence-corrected chi connectivity index (χ2v) is 9.65. The van der Waals surface area contributed by atoms with Gasteiger partial charge in [0.15, 0.2) is 12.4 Å². The van der Waals surface area contributed by atoms with E-state index in [9.17, 15) is 24.0 Å². The summed E-state index contributed by atoms with van der Waals surface area (Å²) in [5.41, 5.74) is 1.22. The second-order valence-electron chi connectivity index (χ2n) is 9.21. The molecule has 3 aromatic rings. The third kappa shape index (κ3) is 5.65. The van der Waals surface area contributed by atoms with Gasteiger partial charge >= 0.3 is 5.97 Å². The largest absolute Gasteiger partial charge is 0.454 e. The molecule has 3 aromatic carbocycles. The van der Waals surface area contributed by atoms with Crippen LogP contribution in [0, 0.1) is 5.92 Å². The number of halogens is 1. The van der Waals surface area contributed by atoms with Crippen molar-refractivity contribution in [2.75, 3.05) is 11.9 Å². The van der Waals surface area contributed by atoms with Crippen LogP contribution in [0.1, 0.15) is 56.9 Å². The van der Waals surface area contributed by atoms with Crippen LogP contribution in [0.25, 0.3) is 0 Å². The van der Waals surface area contributed by atoms with Gasteiger partial charge in [-0.25, -0.2) is 4.79 Å². The maximum absolute atomic E-state index is 13.0. The molecule has 0 spiro atoms. The van der Waals surface area contributed by atoms with Gasteiger partial charge in [-0.3, -0.25) is 24.1 Å². The molecule has 1 aliphatic rings. The summed E-state index contributed by atoms with van der Waals surface area (Å²) in [6.07, 6.45) is 0.166. The first-order chi connectivity index (χ1) is 18.2. The Bertz CT molecular complexity index is 1380. The van der Waals surface area contributed by atoms with Crippen LogP contribution in [-0.2, 0) is 14.3 Å². The fourth-order valence-electron chi connectivity index (χ4n) is 4.22. The number of nitrogens with one attached hydrogen (secondary N) is 1. The van der Waals surface area contributed by atoms with E-state index in [-0.39, 0.29) is 40.5 Å². The number of benzene rings is 3. The Balaban J connectivity index is 1.47. The Morgan fingerprint density at radius 3 is 2.11 bits per heavy atom. The fourth-order valence-corrected chi connectivity index (χ4v) is 4.39. The molecule has 1 unspecified atom stereocenters. The van der Waals surface area contributed by atoms with Crippen molar-refractivity contribution < 1.29 is 28.7 Å². The van der Waals surface area contributed by atoms with Gasteiger partial charge in [-0.2, -0.15) is 0 Å². The highest BCUT2D eigenvalue weighted by atomic mass is 35.5. The summed E-state index contributed by atoms with van der Waals surface area (Å²) in [5, 5.41) is 2.89. The van der Waals surface area contributed by atoms with E-state index in [2.05, 4.69) is 5.32 Å². The average molecular weight is 533 g/mol. The van der Waals surface area contributed by atoms with E-state index in [1.54, 1.807) is 42.5 Å². The topological polar surface area (TPSA) is 110 Å². The first-order valence-electron chi connectivity index (χ1n) is 12.0. The molecule has 3 amide bonds. The van der Waals surface area contributed by atoms with Crippen molar-refractivity contribution in [1.82, 2.24) is 4.90 Å². The van der Waals surface area contributed by atoms with Gasteiger partial charge in [0, 0.05) is 16.1 Å². The molecule has 1 aliphatic heterocycles. The lowest BCUT2D eigenvalue weighted by molar-refractivity contribution is -0.151. The lowest BCUT2D eigenvalue weighted by atomic mass is 10.0. The van der Waals surface area contributed by atoms with Gasteiger partial charge in [0.2, 0.25) is 0 Å². The average Bonchev–Trinajstić information content (AvgIpc) is 3.16. The Morgan fingerprint density at radius 2 is 1.50 bits per heavy atom. The van der Waals surface area contributed by atoms with E-state index >= 15 is 0 Å². The van der Waals surface area contributed by atoms with Crippen molar-refractivity contribution in [3.63, 3.8) is 0 Å². The molecule has 0 fully saturated rings. The maximum Gasteiger partial charge on any atom is 0.329 e. The van der Waals surface area contributed by atoms with Crippen molar-refractivity contribution in [3.05, 3.63) is 100 Å². The van der Waals surface area contributed by atoms with Gasteiger partial charge in [0.1, 0.15) is 6.04 Å². The molecule has 1 N–H and O–H groups in total. The molecule has 0 saturated heterocycles. The molecule has 0 aliphatic carbocycles. The number of carbonyl (C=O) groups is 5. The van der Waals surface area contributed by atoms with Crippen molar-refractivity contribution in [2.45, 2.75) is 26.3 Å². The molecule has 0 radical (unpaired) electrons. The molecule has 1 atom stereocenters. The summed E-state index contributed by atoms with van der Waals surface area (Å²) >= 11 is 6.09. The standard InChI is InChI=1S/C29H25ClN2O6/c1-17(2)14-24(32-27(35)20-10-6-7-11-21(20)28(32)36)29(37)38-16-25(33)31-23-13-12-19(30)15-22(23)26(34)18-8-4-3-5-9-18/h3-13,15,17,24H,14,16H2,1-2H3,(H,31,33). The van der Waals surface area contributed by atoms with Gasteiger partial charge in [0.05, 0.1) is 16.8 Å². The molecular formula is C29H25ClN2O6. The van der Waals surface area contributed by atoms with Crippen LogP contribution < -0.4 is 5.32 Å².